The third-order valence-electron chi connectivity index (χ3n) is 6.10. The Kier molecular flexibility index (Phi) is 5.98. The number of rotatable bonds is 4. The maximum Gasteiger partial charge on any atom is 0.326 e. The largest absolute Gasteiger partial charge is 0.326 e. The van der Waals surface area contributed by atoms with Gasteiger partial charge in [0.1, 0.15) is 11.6 Å². The number of benzene rings is 2. The summed E-state index contributed by atoms with van der Waals surface area (Å²) in [5.41, 5.74) is 2.91. The van der Waals surface area contributed by atoms with Crippen LogP contribution < -0.4 is 16.0 Å². The molecule has 1 saturated heterocycles. The van der Waals surface area contributed by atoms with Gasteiger partial charge < -0.3 is 5.32 Å². The fourth-order valence-corrected chi connectivity index (χ4v) is 4.62. The second kappa shape index (κ2) is 9.21. The standard InChI is InChI=1S/C25H25ClN6O/c1-16-22(17-11-13-27-14-12-17)31-32(18-7-3-2-4-8-18)24(16)30-25(33)29-23-20-10-6-5-9-19(20)21(26)15-28-23/h2-10,15,17,27H,11-14H2,1H3,(H2,28,29,30,33). The monoisotopic (exact) mass is 460 g/mol. The number of aromatic nitrogens is 3. The van der Waals surface area contributed by atoms with Gasteiger partial charge in [-0.25, -0.2) is 14.5 Å². The number of carbonyl (C=O) groups excluding carboxylic acids is 1. The Morgan fingerprint density at radius 3 is 2.48 bits per heavy atom. The summed E-state index contributed by atoms with van der Waals surface area (Å²) in [6, 6.07) is 17.1. The van der Waals surface area contributed by atoms with Crippen molar-refractivity contribution in [2.75, 3.05) is 23.7 Å². The van der Waals surface area contributed by atoms with E-state index in [1.165, 1.54) is 0 Å². The normalized spacial score (nSPS) is 14.4. The molecule has 0 spiro atoms. The number of amides is 2. The van der Waals surface area contributed by atoms with Crippen LogP contribution in [0.5, 0.6) is 0 Å². The topological polar surface area (TPSA) is 83.9 Å². The Balaban J connectivity index is 1.48. The molecule has 2 aromatic carbocycles. The van der Waals surface area contributed by atoms with E-state index in [0.29, 0.717) is 22.6 Å². The molecule has 0 aliphatic carbocycles. The van der Waals surface area contributed by atoms with Crippen LogP contribution in [0.3, 0.4) is 0 Å². The molecule has 8 heteroatoms. The lowest BCUT2D eigenvalue weighted by molar-refractivity contribution is 0.262. The number of halogens is 1. The van der Waals surface area contributed by atoms with Gasteiger partial charge >= 0.3 is 6.03 Å². The minimum absolute atomic E-state index is 0.363. The Hall–Kier alpha value is -3.42. The average Bonchev–Trinajstić information content (AvgIpc) is 3.18. The molecule has 33 heavy (non-hydrogen) atoms. The fraction of sp³-hybridized carbons (Fsp3) is 0.240. The highest BCUT2D eigenvalue weighted by Crippen LogP contribution is 2.33. The molecule has 0 unspecified atom stereocenters. The number of pyridine rings is 1. The lowest BCUT2D eigenvalue weighted by Crippen LogP contribution is -2.27. The number of piperidine rings is 1. The van der Waals surface area contributed by atoms with Crippen LogP contribution in [0.4, 0.5) is 16.4 Å². The van der Waals surface area contributed by atoms with E-state index in [1.807, 2.05) is 66.2 Å². The number of hydrogen-bond acceptors (Lipinski definition) is 4. The highest BCUT2D eigenvalue weighted by molar-refractivity contribution is 6.35. The molecule has 0 radical (unpaired) electrons. The van der Waals surface area contributed by atoms with E-state index in [9.17, 15) is 4.79 Å². The molecular formula is C25H25ClN6O. The van der Waals surface area contributed by atoms with Gasteiger partial charge in [-0.1, -0.05) is 54.1 Å². The van der Waals surface area contributed by atoms with Gasteiger partial charge in [0, 0.05) is 28.5 Å². The molecule has 1 fully saturated rings. The Bertz CT molecular complexity index is 1300. The third kappa shape index (κ3) is 4.29. The van der Waals surface area contributed by atoms with Gasteiger partial charge in [-0.3, -0.25) is 10.6 Å². The van der Waals surface area contributed by atoms with Crippen LogP contribution in [0.1, 0.15) is 30.0 Å². The molecule has 1 aliphatic rings. The summed E-state index contributed by atoms with van der Waals surface area (Å²) in [4.78, 5) is 17.4. The van der Waals surface area contributed by atoms with Gasteiger partial charge in [-0.2, -0.15) is 5.10 Å². The molecule has 0 atom stereocenters. The van der Waals surface area contributed by atoms with Crippen LogP contribution in [0, 0.1) is 6.92 Å². The SMILES string of the molecule is Cc1c(C2CCNCC2)nn(-c2ccccc2)c1NC(=O)Nc1ncc(Cl)c2ccccc12. The van der Waals surface area contributed by atoms with Crippen molar-refractivity contribution in [1.29, 1.82) is 0 Å². The van der Waals surface area contributed by atoms with Gasteiger partial charge in [-0.05, 0) is 45.0 Å². The van der Waals surface area contributed by atoms with Crippen molar-refractivity contribution in [3.05, 3.63) is 77.1 Å². The number of nitrogens with zero attached hydrogens (tertiary/aromatic N) is 3. The number of fused-ring (bicyclic) bond motifs is 1. The highest BCUT2D eigenvalue weighted by Gasteiger charge is 2.25. The number of anilines is 2. The van der Waals surface area contributed by atoms with Crippen molar-refractivity contribution >= 4 is 40.0 Å². The molecule has 3 N–H and O–H groups in total. The van der Waals surface area contributed by atoms with Crippen molar-refractivity contribution in [3.8, 4) is 5.69 Å². The molecular weight excluding hydrogens is 436 g/mol. The first-order chi connectivity index (χ1) is 16.1. The minimum atomic E-state index is -0.382. The van der Waals surface area contributed by atoms with Crippen LogP contribution in [-0.4, -0.2) is 33.9 Å². The lowest BCUT2D eigenvalue weighted by Gasteiger charge is -2.21. The van der Waals surface area contributed by atoms with Crippen LogP contribution in [0.2, 0.25) is 5.02 Å². The van der Waals surface area contributed by atoms with Gasteiger partial charge in [-0.15, -0.1) is 0 Å². The van der Waals surface area contributed by atoms with Gasteiger partial charge in [0.15, 0.2) is 0 Å². The second-order valence-electron chi connectivity index (χ2n) is 8.21. The van der Waals surface area contributed by atoms with Crippen molar-refractivity contribution in [1.82, 2.24) is 20.1 Å². The molecule has 7 nitrogen and oxygen atoms in total. The summed E-state index contributed by atoms with van der Waals surface area (Å²) in [7, 11) is 0. The van der Waals surface area contributed by atoms with Crippen LogP contribution in [0.15, 0.2) is 60.8 Å². The molecule has 3 heterocycles. The highest BCUT2D eigenvalue weighted by atomic mass is 35.5. The molecule has 2 amide bonds. The zero-order valence-electron chi connectivity index (χ0n) is 18.3. The Morgan fingerprint density at radius 1 is 1.03 bits per heavy atom. The number of hydrogen-bond donors (Lipinski definition) is 3. The van der Waals surface area contributed by atoms with E-state index < -0.39 is 0 Å². The van der Waals surface area contributed by atoms with Crippen molar-refractivity contribution in [3.63, 3.8) is 0 Å². The molecule has 0 saturated carbocycles. The van der Waals surface area contributed by atoms with Crippen molar-refractivity contribution < 1.29 is 4.79 Å². The first-order valence-corrected chi connectivity index (χ1v) is 11.5. The first kappa shape index (κ1) is 21.4. The fourth-order valence-electron chi connectivity index (χ4n) is 4.40. The number of nitrogens with one attached hydrogen (secondary N) is 3. The van der Waals surface area contributed by atoms with Crippen LogP contribution >= 0.6 is 11.6 Å². The Morgan fingerprint density at radius 2 is 1.73 bits per heavy atom. The molecule has 4 aromatic rings. The molecule has 5 rings (SSSR count). The summed E-state index contributed by atoms with van der Waals surface area (Å²) >= 11 is 6.27. The Labute approximate surface area is 197 Å². The summed E-state index contributed by atoms with van der Waals surface area (Å²) in [6.45, 7) is 3.97. The van der Waals surface area contributed by atoms with Gasteiger partial charge in [0.05, 0.1) is 16.4 Å². The predicted octanol–water partition coefficient (Wildman–Crippen LogP) is 5.49. The van der Waals surface area contributed by atoms with E-state index >= 15 is 0 Å². The van der Waals surface area contributed by atoms with Gasteiger partial charge in [0.25, 0.3) is 0 Å². The summed E-state index contributed by atoms with van der Waals surface area (Å²) < 4.78 is 1.82. The maximum atomic E-state index is 13.1. The first-order valence-electron chi connectivity index (χ1n) is 11.1. The molecule has 0 bridgehead atoms. The molecule has 168 valence electrons. The zero-order valence-corrected chi connectivity index (χ0v) is 19.1. The smallest absolute Gasteiger partial charge is 0.317 e. The van der Waals surface area contributed by atoms with Crippen LogP contribution in [-0.2, 0) is 0 Å². The maximum absolute atomic E-state index is 13.1. The van der Waals surface area contributed by atoms with Crippen molar-refractivity contribution in [2.24, 2.45) is 0 Å². The zero-order chi connectivity index (χ0) is 22.8. The minimum Gasteiger partial charge on any atom is -0.317 e. The predicted molar refractivity (Wildman–Crippen MR) is 133 cm³/mol. The van der Waals surface area contributed by atoms with E-state index in [1.54, 1.807) is 6.20 Å². The van der Waals surface area contributed by atoms with E-state index in [-0.39, 0.29) is 6.03 Å². The number of para-hydroxylation sites is 1. The quantitative estimate of drug-likeness (QED) is 0.376. The molecule has 1 aliphatic heterocycles. The number of urea groups is 1. The summed E-state index contributed by atoms with van der Waals surface area (Å²) in [5.74, 6) is 1.47. The average molecular weight is 461 g/mol. The van der Waals surface area contributed by atoms with E-state index in [2.05, 4.69) is 20.9 Å². The van der Waals surface area contributed by atoms with Gasteiger partial charge in [0.2, 0.25) is 0 Å². The summed E-state index contributed by atoms with van der Waals surface area (Å²) in [6.07, 6.45) is 3.60. The van der Waals surface area contributed by atoms with Crippen molar-refractivity contribution in [2.45, 2.75) is 25.7 Å². The second-order valence-corrected chi connectivity index (χ2v) is 8.62. The molecule has 2 aromatic heterocycles. The number of carbonyl (C=O) groups is 1. The van der Waals surface area contributed by atoms with Crippen LogP contribution in [0.25, 0.3) is 16.5 Å². The van der Waals surface area contributed by atoms with E-state index in [0.717, 1.165) is 53.6 Å². The third-order valence-corrected chi connectivity index (χ3v) is 6.40. The van der Waals surface area contributed by atoms with E-state index in [4.69, 9.17) is 16.7 Å². The lowest BCUT2D eigenvalue weighted by atomic mass is 9.92. The summed E-state index contributed by atoms with van der Waals surface area (Å²) in [5, 5.41) is 16.4.